The summed E-state index contributed by atoms with van der Waals surface area (Å²) in [7, 11) is 0. The predicted octanol–water partition coefficient (Wildman–Crippen LogP) is 3.08. The van der Waals surface area contributed by atoms with Gasteiger partial charge in [0, 0.05) is 30.4 Å². The zero-order valence-corrected chi connectivity index (χ0v) is 18.6. The molecule has 32 heavy (non-hydrogen) atoms. The van der Waals surface area contributed by atoms with Gasteiger partial charge in [0.1, 0.15) is 6.33 Å². The second-order valence-electron chi connectivity index (χ2n) is 8.74. The van der Waals surface area contributed by atoms with Gasteiger partial charge in [-0.25, -0.2) is 14.6 Å². The quantitative estimate of drug-likeness (QED) is 0.606. The Labute approximate surface area is 186 Å². The number of piperidine rings is 1. The zero-order chi connectivity index (χ0) is 22.1. The molecule has 0 spiro atoms. The van der Waals surface area contributed by atoms with Crippen molar-refractivity contribution in [1.82, 2.24) is 29.8 Å². The normalized spacial score (nSPS) is 16.8. The Balaban J connectivity index is 1.16. The molecule has 9 heteroatoms. The summed E-state index contributed by atoms with van der Waals surface area (Å²) in [6, 6.07) is 3.82. The number of hydrogen-bond donors (Lipinski definition) is 0. The molecule has 0 N–H and O–H groups in total. The van der Waals surface area contributed by atoms with Crippen molar-refractivity contribution in [2.24, 2.45) is 5.92 Å². The maximum Gasteiger partial charge on any atom is 0.292 e. The van der Waals surface area contributed by atoms with Crippen LogP contribution in [-0.2, 0) is 12.8 Å². The summed E-state index contributed by atoms with van der Waals surface area (Å²) in [6.07, 6.45) is 7.29. The van der Waals surface area contributed by atoms with E-state index in [1.807, 2.05) is 30.9 Å². The van der Waals surface area contributed by atoms with Crippen LogP contribution in [0, 0.1) is 19.8 Å². The molecular weight excluding hydrogens is 408 g/mol. The predicted molar refractivity (Wildman–Crippen MR) is 116 cm³/mol. The second kappa shape index (κ2) is 8.72. The average molecular weight is 437 g/mol. The van der Waals surface area contributed by atoms with Gasteiger partial charge in [-0.05, 0) is 64.4 Å². The Morgan fingerprint density at radius 1 is 1.16 bits per heavy atom. The van der Waals surface area contributed by atoms with Crippen LogP contribution in [0.4, 0.5) is 0 Å². The maximum atomic E-state index is 13.0. The average Bonchev–Trinajstić information content (AvgIpc) is 3.40. The van der Waals surface area contributed by atoms with Gasteiger partial charge in [0.15, 0.2) is 5.82 Å². The lowest BCUT2D eigenvalue weighted by Crippen LogP contribution is -2.40. The van der Waals surface area contributed by atoms with Crippen molar-refractivity contribution in [3.8, 4) is 11.7 Å². The van der Waals surface area contributed by atoms with E-state index >= 15 is 0 Å². The minimum Gasteiger partial charge on any atom is -0.477 e. The number of likely N-dealkylation sites (tertiary alicyclic amines) is 1. The number of rotatable bonds is 5. The van der Waals surface area contributed by atoms with Crippen LogP contribution in [-0.4, -0.2) is 55.4 Å². The molecule has 1 saturated heterocycles. The fourth-order valence-electron chi connectivity index (χ4n) is 4.59. The Kier molecular flexibility index (Phi) is 5.63. The molecule has 9 nitrogen and oxygen atoms in total. The number of aryl methyl sites for hydroxylation is 3. The van der Waals surface area contributed by atoms with E-state index in [4.69, 9.17) is 9.26 Å². The van der Waals surface area contributed by atoms with Crippen LogP contribution in [0.1, 0.15) is 58.9 Å². The number of carbonyl (C=O) groups is 1. The van der Waals surface area contributed by atoms with Gasteiger partial charge < -0.3 is 14.2 Å². The van der Waals surface area contributed by atoms with Crippen molar-refractivity contribution >= 4 is 5.91 Å². The van der Waals surface area contributed by atoms with Crippen LogP contribution in [0.5, 0.6) is 5.88 Å². The maximum absolute atomic E-state index is 13.0. The summed E-state index contributed by atoms with van der Waals surface area (Å²) in [4.78, 5) is 23.4. The molecule has 1 aliphatic carbocycles. The van der Waals surface area contributed by atoms with Gasteiger partial charge in [0.2, 0.25) is 11.6 Å². The highest BCUT2D eigenvalue weighted by molar-refractivity contribution is 5.93. The smallest absolute Gasteiger partial charge is 0.292 e. The summed E-state index contributed by atoms with van der Waals surface area (Å²) in [6.45, 7) is 5.90. The van der Waals surface area contributed by atoms with Crippen LogP contribution >= 0.6 is 0 Å². The number of amides is 1. The van der Waals surface area contributed by atoms with Gasteiger partial charge in [-0.15, -0.1) is 0 Å². The number of carbonyl (C=O) groups excluding carboxylic acids is 1. The highest BCUT2D eigenvalue weighted by Gasteiger charge is 2.30. The highest BCUT2D eigenvalue weighted by Crippen LogP contribution is 2.27. The van der Waals surface area contributed by atoms with E-state index in [0.29, 0.717) is 43.1 Å². The molecule has 3 aromatic heterocycles. The van der Waals surface area contributed by atoms with Crippen molar-refractivity contribution < 1.29 is 14.1 Å². The third kappa shape index (κ3) is 4.11. The molecule has 5 rings (SSSR count). The molecule has 3 aromatic rings. The summed E-state index contributed by atoms with van der Waals surface area (Å²) >= 11 is 0. The zero-order valence-electron chi connectivity index (χ0n) is 18.6. The number of nitrogens with zero attached hydrogens (tertiary/aromatic N) is 6. The number of aromatic nitrogens is 5. The minimum absolute atomic E-state index is 0.0228. The molecule has 168 valence electrons. The summed E-state index contributed by atoms with van der Waals surface area (Å²) in [5.41, 5.74) is 3.94. The molecule has 0 radical (unpaired) electrons. The molecule has 4 heterocycles. The standard InChI is InChI=1S/C23H28N6O3/c1-15-11-16(2)29(26-15)20-12-21(25-14-24-20)31-13-17-7-9-28(10-8-17)23(30)22-18-5-3-4-6-19(18)27-32-22/h11-12,14,17H,3-10,13H2,1-2H3. The van der Waals surface area contributed by atoms with Gasteiger partial charge in [-0.2, -0.15) is 5.10 Å². The molecule has 0 unspecified atom stereocenters. The Morgan fingerprint density at radius 2 is 1.97 bits per heavy atom. The van der Waals surface area contributed by atoms with Gasteiger partial charge in [0.25, 0.3) is 5.91 Å². The third-order valence-electron chi connectivity index (χ3n) is 6.38. The van der Waals surface area contributed by atoms with Crippen molar-refractivity contribution in [1.29, 1.82) is 0 Å². The molecular formula is C23H28N6O3. The molecule has 1 amide bonds. The fourth-order valence-corrected chi connectivity index (χ4v) is 4.59. The third-order valence-corrected chi connectivity index (χ3v) is 6.38. The van der Waals surface area contributed by atoms with Crippen molar-refractivity contribution in [3.05, 3.63) is 46.9 Å². The minimum atomic E-state index is -0.0228. The summed E-state index contributed by atoms with van der Waals surface area (Å²) < 4.78 is 13.2. The summed E-state index contributed by atoms with van der Waals surface area (Å²) in [5, 5.41) is 8.59. The number of fused-ring (bicyclic) bond motifs is 1. The Bertz CT molecular complexity index is 1110. The largest absolute Gasteiger partial charge is 0.477 e. The van der Waals surface area contributed by atoms with E-state index in [0.717, 1.165) is 61.2 Å². The molecule has 0 bridgehead atoms. The van der Waals surface area contributed by atoms with Crippen LogP contribution < -0.4 is 4.74 Å². The lowest BCUT2D eigenvalue weighted by Gasteiger charge is -2.31. The van der Waals surface area contributed by atoms with E-state index in [1.165, 1.54) is 6.33 Å². The van der Waals surface area contributed by atoms with Crippen LogP contribution in [0.15, 0.2) is 23.0 Å². The van der Waals surface area contributed by atoms with E-state index in [9.17, 15) is 4.79 Å². The van der Waals surface area contributed by atoms with Crippen LogP contribution in [0.25, 0.3) is 5.82 Å². The molecule has 1 fully saturated rings. The van der Waals surface area contributed by atoms with E-state index in [1.54, 1.807) is 4.68 Å². The molecule has 2 aliphatic rings. The van der Waals surface area contributed by atoms with Gasteiger partial charge >= 0.3 is 0 Å². The van der Waals surface area contributed by atoms with Crippen LogP contribution in [0.3, 0.4) is 0 Å². The lowest BCUT2D eigenvalue weighted by molar-refractivity contribution is 0.0617. The van der Waals surface area contributed by atoms with E-state index in [-0.39, 0.29) is 5.91 Å². The molecule has 0 atom stereocenters. The summed E-state index contributed by atoms with van der Waals surface area (Å²) in [5.74, 6) is 2.03. The lowest BCUT2D eigenvalue weighted by atomic mass is 9.94. The molecule has 0 saturated carbocycles. The first-order valence-electron chi connectivity index (χ1n) is 11.3. The second-order valence-corrected chi connectivity index (χ2v) is 8.74. The first kappa shape index (κ1) is 20.7. The topological polar surface area (TPSA) is 99.2 Å². The van der Waals surface area contributed by atoms with Gasteiger partial charge in [0.05, 0.1) is 18.0 Å². The first-order valence-corrected chi connectivity index (χ1v) is 11.3. The highest BCUT2D eigenvalue weighted by atomic mass is 16.5. The number of hydrogen-bond acceptors (Lipinski definition) is 7. The van der Waals surface area contributed by atoms with Crippen molar-refractivity contribution in [2.45, 2.75) is 52.4 Å². The fraction of sp³-hybridized carbons (Fsp3) is 0.522. The van der Waals surface area contributed by atoms with Crippen molar-refractivity contribution in [2.75, 3.05) is 19.7 Å². The SMILES string of the molecule is Cc1cc(C)n(-c2cc(OCC3CCN(C(=O)c4onc5c4CCCC5)CC3)ncn2)n1. The Hall–Kier alpha value is -3.23. The number of ether oxygens (including phenoxy) is 1. The first-order chi connectivity index (χ1) is 15.6. The van der Waals surface area contributed by atoms with Crippen LogP contribution in [0.2, 0.25) is 0 Å². The van der Waals surface area contributed by atoms with E-state index < -0.39 is 0 Å². The van der Waals surface area contributed by atoms with Gasteiger partial charge in [-0.3, -0.25) is 4.79 Å². The molecule has 0 aromatic carbocycles. The Morgan fingerprint density at radius 3 is 2.75 bits per heavy atom. The molecule has 1 aliphatic heterocycles. The van der Waals surface area contributed by atoms with Gasteiger partial charge in [-0.1, -0.05) is 5.16 Å². The van der Waals surface area contributed by atoms with E-state index in [2.05, 4.69) is 20.2 Å². The monoisotopic (exact) mass is 436 g/mol. The van der Waals surface area contributed by atoms with Crippen molar-refractivity contribution in [3.63, 3.8) is 0 Å².